The first-order valence-corrected chi connectivity index (χ1v) is 30.1. The molecule has 0 spiro atoms. The largest absolute Gasteiger partial charge is 0.394 e. The van der Waals surface area contributed by atoms with E-state index >= 15 is 0 Å². The van der Waals surface area contributed by atoms with E-state index in [-0.39, 0.29) is 101 Å². The molecule has 0 saturated carbocycles. The van der Waals surface area contributed by atoms with Gasteiger partial charge in [-0.15, -0.1) is 25.3 Å². The second-order valence-electron chi connectivity index (χ2n) is 15.6. The molecule has 8 N–H and O–H groups in total. The smallest absolute Gasteiger partial charge is 0.297 e. The topological polar surface area (TPSA) is 474 Å². The number of aryl methyl sites for hydroxylation is 2. The second kappa shape index (κ2) is 80.9. The van der Waals surface area contributed by atoms with Crippen LogP contribution >= 0.6 is 12.4 Å². The molecule has 0 aliphatic heterocycles. The highest BCUT2D eigenvalue weighted by molar-refractivity contribution is 7.87. The summed E-state index contributed by atoms with van der Waals surface area (Å²) in [4.78, 5) is 7.91. The molecule has 0 unspecified atom stereocenters. The molecule has 0 bridgehead atoms. The molecule has 89 heavy (non-hydrogen) atoms. The highest BCUT2D eigenvalue weighted by Crippen LogP contribution is 2.14. The minimum absolute atomic E-state index is 0. The Morgan fingerprint density at radius 1 is 0.438 bits per heavy atom. The van der Waals surface area contributed by atoms with Crippen LogP contribution in [-0.4, -0.2) is 274 Å². The molecule has 0 amide bonds. The number of aliphatic hydroxyl groups excluding tert-OH is 5. The highest BCUT2D eigenvalue weighted by Gasteiger charge is 2.15. The lowest BCUT2D eigenvalue weighted by molar-refractivity contribution is 0.0220. The van der Waals surface area contributed by atoms with Gasteiger partial charge in [0, 0.05) is 47.5 Å². The van der Waals surface area contributed by atoms with Gasteiger partial charge in [0.1, 0.15) is 13.2 Å². The summed E-state index contributed by atoms with van der Waals surface area (Å²) >= 11 is 0. The molecule has 0 aromatic heterocycles. The van der Waals surface area contributed by atoms with Crippen LogP contribution in [0.5, 0.6) is 0 Å². The third-order valence-corrected chi connectivity index (χ3v) is 11.2. The maximum atomic E-state index is 11.7. The van der Waals surface area contributed by atoms with Gasteiger partial charge in [-0.2, -0.15) is 16.8 Å². The van der Waals surface area contributed by atoms with Crippen molar-refractivity contribution in [3.05, 3.63) is 91.0 Å². The SMILES string of the molecule is C#CCOCCOCCOCCN.C#CCOCCOCCOCCN=[N+]=[N-].CNCCOCCO.Cc1ccc(S(=O)(=O)OCCOCCN=[N+]=[N-])cc1.Cc1ccc(S(=O)(=O)OCCOCCO)cc1.Cl.OCCOCCO.[N-]=[N+]=NCCOCCO. The van der Waals surface area contributed by atoms with Gasteiger partial charge in [-0.3, -0.25) is 8.37 Å². The number of hydrogen-bond acceptors (Lipinski definition) is 27. The summed E-state index contributed by atoms with van der Waals surface area (Å²) in [5.41, 5.74) is 30.9. The van der Waals surface area contributed by atoms with Crippen LogP contribution in [0.25, 0.3) is 31.3 Å². The van der Waals surface area contributed by atoms with Gasteiger partial charge in [-0.05, 0) is 61.8 Å². The van der Waals surface area contributed by atoms with Crippen molar-refractivity contribution >= 4 is 32.6 Å². The first kappa shape index (κ1) is 95.0. The molecule has 0 atom stereocenters. The summed E-state index contributed by atoms with van der Waals surface area (Å²) in [6, 6.07) is 12.8. The Bertz CT molecular complexity index is 2260. The van der Waals surface area contributed by atoms with Crippen LogP contribution in [0.3, 0.4) is 0 Å². The minimum atomic E-state index is -3.74. The third-order valence-electron chi connectivity index (χ3n) is 8.54. The van der Waals surface area contributed by atoms with E-state index in [4.69, 9.17) is 116 Å². The van der Waals surface area contributed by atoms with Gasteiger partial charge in [-0.1, -0.05) is 62.6 Å². The van der Waals surface area contributed by atoms with Gasteiger partial charge < -0.3 is 88.7 Å². The van der Waals surface area contributed by atoms with Crippen molar-refractivity contribution in [2.24, 2.45) is 21.1 Å². The standard InChI is InChI=1S/C11H15N3O4S.C11H16O5S.C9H15N3O3.C9H17NO3.C5H13NO2.C4H9N3O2.C4H10O3.ClH/c1-10-2-4-11(5-3-10)19(15,16)18-9-8-17-7-6-13-14-12;1-10-2-4-11(5-3-10)17(13,14)16-9-8-15-7-6-12;1-2-4-13-6-8-15-9-7-14-5-3-11-12-10;1-2-4-11-6-8-13-9-7-12-5-3-10;1-6-2-4-8-5-3-7;5-7-6-1-3-9-4-2-8;5-1-3-7-4-2-6;/h2-5H,6-9H2,1H3;2-5,12H,6-9H2,1H3;1H,3-9H2;1H,3-10H2;6-7H,2-5H2,1H3;8H,1-4H2;5-6H,1-4H2;1H. The number of nitrogens with two attached hydrogens (primary N) is 1. The molecular weight excluding hydrogens is 1240 g/mol. The summed E-state index contributed by atoms with van der Waals surface area (Å²) in [6.45, 7) is 14.9. The summed E-state index contributed by atoms with van der Waals surface area (Å²) in [6.07, 6.45) is 9.96. The molecule has 0 saturated heterocycles. The normalized spacial score (nSPS) is 10.1. The first-order chi connectivity index (χ1) is 42.7. The van der Waals surface area contributed by atoms with Crippen molar-refractivity contribution in [1.29, 1.82) is 0 Å². The van der Waals surface area contributed by atoms with E-state index < -0.39 is 20.2 Å². The molecule has 2 aromatic rings. The molecule has 0 radical (unpaired) electrons. The average molecular weight is 1340 g/mol. The fourth-order valence-corrected chi connectivity index (χ4v) is 6.42. The molecule has 0 fully saturated rings. The van der Waals surface area contributed by atoms with Crippen LogP contribution in [0.2, 0.25) is 0 Å². The summed E-state index contributed by atoms with van der Waals surface area (Å²) in [7, 11) is -5.58. The maximum absolute atomic E-state index is 11.7. The molecule has 2 rings (SSSR count). The molecule has 514 valence electrons. The number of azide groups is 3. The number of nitrogens with zero attached hydrogens (tertiary/aromatic N) is 9. The van der Waals surface area contributed by atoms with Crippen molar-refractivity contribution in [1.82, 2.24) is 5.32 Å². The Kier molecular flexibility index (Phi) is 86.3. The number of terminal acetylenes is 2. The zero-order valence-corrected chi connectivity index (χ0v) is 53.8. The van der Waals surface area contributed by atoms with E-state index in [2.05, 4.69) is 52.0 Å². The number of nitrogens with one attached hydrogen (secondary N) is 1. The quantitative estimate of drug-likeness (QED) is 0.0125. The predicted molar refractivity (Wildman–Crippen MR) is 333 cm³/mol. The van der Waals surface area contributed by atoms with Gasteiger partial charge in [0.2, 0.25) is 0 Å². The van der Waals surface area contributed by atoms with Gasteiger partial charge >= 0.3 is 0 Å². The number of rotatable bonds is 48. The van der Waals surface area contributed by atoms with Gasteiger partial charge in [0.05, 0.1) is 188 Å². The molecule has 0 aliphatic carbocycles. The molecule has 0 heterocycles. The van der Waals surface area contributed by atoms with E-state index in [1.165, 1.54) is 24.3 Å². The molecule has 2 aromatic carbocycles. The van der Waals surface area contributed by atoms with E-state index in [0.717, 1.165) is 17.7 Å². The van der Waals surface area contributed by atoms with Crippen LogP contribution in [0.1, 0.15) is 11.1 Å². The van der Waals surface area contributed by atoms with Crippen molar-refractivity contribution in [3.8, 4) is 24.7 Å². The van der Waals surface area contributed by atoms with Crippen molar-refractivity contribution in [2.45, 2.75) is 23.6 Å². The Morgan fingerprint density at radius 3 is 0.989 bits per heavy atom. The number of ether oxygens (including phenoxy) is 11. The van der Waals surface area contributed by atoms with E-state index in [9.17, 15) is 16.8 Å². The van der Waals surface area contributed by atoms with Crippen LogP contribution in [0.15, 0.2) is 73.7 Å². The fourth-order valence-electron chi connectivity index (χ4n) is 4.63. The Hall–Kier alpha value is -5.12. The van der Waals surface area contributed by atoms with E-state index in [0.29, 0.717) is 139 Å². The van der Waals surface area contributed by atoms with Gasteiger partial charge in [0.25, 0.3) is 20.2 Å². The van der Waals surface area contributed by atoms with E-state index in [1.54, 1.807) is 24.3 Å². The van der Waals surface area contributed by atoms with Crippen LogP contribution in [0.4, 0.5) is 0 Å². The number of hydrogen-bond donors (Lipinski definition) is 7. The molecule has 33 nitrogen and oxygen atoms in total. The van der Waals surface area contributed by atoms with Crippen LogP contribution < -0.4 is 11.1 Å². The summed E-state index contributed by atoms with van der Waals surface area (Å²) in [5, 5.41) is 53.8. The second-order valence-corrected chi connectivity index (χ2v) is 18.8. The molecule has 0 aliphatic rings. The number of benzene rings is 2. The zero-order valence-electron chi connectivity index (χ0n) is 51.3. The Labute approximate surface area is 530 Å². The van der Waals surface area contributed by atoms with Gasteiger partial charge in [-0.25, -0.2) is 0 Å². The fraction of sp³-hybridized carbons (Fsp3) is 0.698. The Morgan fingerprint density at radius 2 is 0.697 bits per heavy atom. The lowest BCUT2D eigenvalue weighted by Gasteiger charge is -2.06. The van der Waals surface area contributed by atoms with Crippen molar-refractivity contribution in [3.63, 3.8) is 0 Å². The zero-order chi connectivity index (χ0) is 66.6. The van der Waals surface area contributed by atoms with Crippen molar-refractivity contribution < 1.29 is 103 Å². The first-order valence-electron chi connectivity index (χ1n) is 27.3. The highest BCUT2D eigenvalue weighted by atomic mass is 35.5. The molecule has 36 heteroatoms. The lowest BCUT2D eigenvalue weighted by atomic mass is 10.2. The summed E-state index contributed by atoms with van der Waals surface area (Å²) < 4.78 is 111. The number of aliphatic hydroxyl groups is 5. The molecular formula is C53H96ClN11O22S2. The number of likely N-dealkylation sites (N-methyl/N-ethyl adjacent to an activating group) is 1. The maximum Gasteiger partial charge on any atom is 0.297 e. The predicted octanol–water partition coefficient (Wildman–Crippen LogP) is 2.27. The minimum Gasteiger partial charge on any atom is -0.394 e. The van der Waals surface area contributed by atoms with Crippen molar-refractivity contribution in [2.75, 3.05) is 231 Å². The summed E-state index contributed by atoms with van der Waals surface area (Å²) in [5.74, 6) is 4.73. The van der Waals surface area contributed by atoms with Crippen LogP contribution in [-0.2, 0) is 80.7 Å². The monoisotopic (exact) mass is 1340 g/mol. The van der Waals surface area contributed by atoms with E-state index in [1.807, 2.05) is 20.9 Å². The van der Waals surface area contributed by atoms with Crippen LogP contribution in [0, 0.1) is 38.5 Å². The Balaban J connectivity index is -0.000000231. The van der Waals surface area contributed by atoms with Gasteiger partial charge in [0.15, 0.2) is 0 Å². The third kappa shape index (κ3) is 80.9. The average Bonchev–Trinajstić information content (AvgIpc) is 3.70. The number of halogens is 1. The lowest BCUT2D eigenvalue weighted by Crippen LogP contribution is -2.15.